The average molecular weight is 444 g/mol. The van der Waals surface area contributed by atoms with E-state index in [0.29, 0.717) is 6.54 Å². The summed E-state index contributed by atoms with van der Waals surface area (Å²) in [6, 6.07) is 18.7. The monoisotopic (exact) mass is 444 g/mol. The lowest BCUT2D eigenvalue weighted by atomic mass is 9.93. The summed E-state index contributed by atoms with van der Waals surface area (Å²) >= 11 is 0. The first-order valence-electron chi connectivity index (χ1n) is 10.8. The Morgan fingerprint density at radius 2 is 1.67 bits per heavy atom. The molecular weight excluding hydrogens is 420 g/mol. The molecular formula is C25H24N4O4. The van der Waals surface area contributed by atoms with Crippen molar-refractivity contribution in [3.63, 3.8) is 0 Å². The fourth-order valence-electron chi connectivity index (χ4n) is 4.62. The molecule has 168 valence electrons. The summed E-state index contributed by atoms with van der Waals surface area (Å²) in [6.07, 6.45) is 1.67. The van der Waals surface area contributed by atoms with E-state index < -0.39 is 17.1 Å². The Morgan fingerprint density at radius 1 is 0.939 bits per heavy atom. The number of benzene rings is 2. The standard InChI is InChI=1S/C25H24N4O4/c1-26-15-18-9-5-6-10-19(18)22(17-7-3-2-4-8-17)29-16-27(13-12-21(26)31)25(33)23-24(32)20(30)11-14-28(23)29/h2-11,14,22,32H,12-13,15-16H2,1H3. The van der Waals surface area contributed by atoms with E-state index in [-0.39, 0.29) is 37.3 Å². The summed E-state index contributed by atoms with van der Waals surface area (Å²) in [5.74, 6) is -1.14. The molecule has 1 N–H and O–H groups in total. The van der Waals surface area contributed by atoms with Crippen LogP contribution < -0.4 is 10.4 Å². The Bertz CT molecular complexity index is 1290. The Morgan fingerprint density at radius 3 is 2.45 bits per heavy atom. The van der Waals surface area contributed by atoms with Gasteiger partial charge in [-0.15, -0.1) is 0 Å². The summed E-state index contributed by atoms with van der Waals surface area (Å²) < 4.78 is 1.58. The summed E-state index contributed by atoms with van der Waals surface area (Å²) in [7, 11) is 1.76. The predicted molar refractivity (Wildman–Crippen MR) is 122 cm³/mol. The SMILES string of the molecule is CN1Cc2ccccc2C(c2ccccc2)N2CN(CCC1=O)C(=O)c1c(O)c(=O)ccn12. The number of hydrogen-bond donors (Lipinski definition) is 1. The highest BCUT2D eigenvalue weighted by Gasteiger charge is 2.37. The molecule has 3 heterocycles. The normalized spacial score (nSPS) is 18.5. The Labute approximate surface area is 190 Å². The molecule has 0 fully saturated rings. The molecule has 8 heteroatoms. The number of nitrogens with zero attached hydrogens (tertiary/aromatic N) is 4. The minimum atomic E-state index is -0.617. The average Bonchev–Trinajstić information content (AvgIpc) is 2.84. The first-order chi connectivity index (χ1) is 16.0. The molecule has 1 aromatic heterocycles. The van der Waals surface area contributed by atoms with Crippen LogP contribution in [0.15, 0.2) is 71.7 Å². The molecule has 0 saturated heterocycles. The van der Waals surface area contributed by atoms with Crippen molar-refractivity contribution >= 4 is 11.8 Å². The highest BCUT2D eigenvalue weighted by Crippen LogP contribution is 2.34. The number of hydrogen-bond acceptors (Lipinski definition) is 5. The Kier molecular flexibility index (Phi) is 5.12. The van der Waals surface area contributed by atoms with Gasteiger partial charge in [0.15, 0.2) is 11.4 Å². The van der Waals surface area contributed by atoms with Crippen LogP contribution in [0.2, 0.25) is 0 Å². The fraction of sp³-hybridized carbons (Fsp3) is 0.240. The molecule has 0 spiro atoms. The van der Waals surface area contributed by atoms with Crippen LogP contribution in [0.3, 0.4) is 0 Å². The van der Waals surface area contributed by atoms with Crippen LogP contribution >= 0.6 is 0 Å². The van der Waals surface area contributed by atoms with Crippen LogP contribution in [0.4, 0.5) is 0 Å². The van der Waals surface area contributed by atoms with E-state index in [1.54, 1.807) is 16.6 Å². The van der Waals surface area contributed by atoms with E-state index in [9.17, 15) is 19.5 Å². The minimum Gasteiger partial charge on any atom is -0.502 e. The zero-order chi connectivity index (χ0) is 23.1. The van der Waals surface area contributed by atoms with Crippen LogP contribution in [0.1, 0.15) is 39.6 Å². The molecule has 2 aromatic carbocycles. The molecule has 0 radical (unpaired) electrons. The van der Waals surface area contributed by atoms with Crippen molar-refractivity contribution in [3.05, 3.63) is 99.5 Å². The molecule has 0 saturated carbocycles. The van der Waals surface area contributed by atoms with Gasteiger partial charge in [-0.05, 0) is 16.7 Å². The van der Waals surface area contributed by atoms with Gasteiger partial charge in [0.05, 0.1) is 6.04 Å². The summed E-state index contributed by atoms with van der Waals surface area (Å²) in [4.78, 5) is 41.5. The highest BCUT2D eigenvalue weighted by atomic mass is 16.3. The second-order valence-electron chi connectivity index (χ2n) is 8.38. The second-order valence-corrected chi connectivity index (χ2v) is 8.38. The molecule has 2 bridgehead atoms. The van der Waals surface area contributed by atoms with E-state index in [0.717, 1.165) is 16.7 Å². The van der Waals surface area contributed by atoms with E-state index in [4.69, 9.17) is 0 Å². The van der Waals surface area contributed by atoms with Crippen LogP contribution in [-0.2, 0) is 11.3 Å². The summed E-state index contributed by atoms with van der Waals surface area (Å²) in [5, 5.41) is 12.5. The maximum absolute atomic E-state index is 13.3. The molecule has 1 atom stereocenters. The largest absolute Gasteiger partial charge is 0.502 e. The van der Waals surface area contributed by atoms with E-state index >= 15 is 0 Å². The van der Waals surface area contributed by atoms with Gasteiger partial charge in [-0.3, -0.25) is 24.1 Å². The van der Waals surface area contributed by atoms with Crippen molar-refractivity contribution < 1.29 is 14.7 Å². The molecule has 8 nitrogen and oxygen atoms in total. The first kappa shape index (κ1) is 20.8. The number of pyridine rings is 1. The molecule has 0 aliphatic carbocycles. The van der Waals surface area contributed by atoms with Gasteiger partial charge in [0.1, 0.15) is 6.67 Å². The van der Waals surface area contributed by atoms with E-state index in [2.05, 4.69) is 0 Å². The molecule has 1 unspecified atom stereocenters. The predicted octanol–water partition coefficient (Wildman–Crippen LogP) is 2.06. The van der Waals surface area contributed by atoms with Crippen molar-refractivity contribution in [1.29, 1.82) is 0 Å². The van der Waals surface area contributed by atoms with E-state index in [1.807, 2.05) is 59.6 Å². The lowest BCUT2D eigenvalue weighted by molar-refractivity contribution is -0.130. The van der Waals surface area contributed by atoms with Crippen molar-refractivity contribution in [1.82, 2.24) is 14.5 Å². The first-order valence-corrected chi connectivity index (χ1v) is 10.8. The lowest BCUT2D eigenvalue weighted by Crippen LogP contribution is -2.55. The van der Waals surface area contributed by atoms with Gasteiger partial charge in [0, 0.05) is 38.8 Å². The van der Waals surface area contributed by atoms with Crippen LogP contribution in [0.5, 0.6) is 5.75 Å². The van der Waals surface area contributed by atoms with Crippen molar-refractivity contribution in [3.8, 4) is 5.75 Å². The number of rotatable bonds is 1. The number of carbonyl (C=O) groups is 2. The van der Waals surface area contributed by atoms with Gasteiger partial charge in [-0.25, -0.2) is 0 Å². The Hall–Kier alpha value is -4.07. The maximum atomic E-state index is 13.3. The highest BCUT2D eigenvalue weighted by molar-refractivity contribution is 5.96. The van der Waals surface area contributed by atoms with Crippen LogP contribution in [-0.4, -0.2) is 51.7 Å². The van der Waals surface area contributed by atoms with Gasteiger partial charge < -0.3 is 14.9 Å². The molecule has 33 heavy (non-hydrogen) atoms. The third-order valence-corrected chi connectivity index (χ3v) is 6.33. The Balaban J connectivity index is 1.80. The number of carbonyl (C=O) groups excluding carboxylic acids is 2. The number of aromatic hydroxyl groups is 1. The molecule has 2 aliphatic heterocycles. The van der Waals surface area contributed by atoms with Crippen LogP contribution in [0, 0.1) is 0 Å². The smallest absolute Gasteiger partial charge is 0.277 e. The molecule has 2 aliphatic rings. The van der Waals surface area contributed by atoms with Gasteiger partial charge >= 0.3 is 0 Å². The van der Waals surface area contributed by atoms with Crippen molar-refractivity contribution in [2.24, 2.45) is 0 Å². The van der Waals surface area contributed by atoms with Gasteiger partial charge in [0.25, 0.3) is 5.91 Å². The van der Waals surface area contributed by atoms with Gasteiger partial charge in [-0.2, -0.15) is 0 Å². The number of aromatic nitrogens is 1. The zero-order valence-electron chi connectivity index (χ0n) is 18.2. The third-order valence-electron chi connectivity index (χ3n) is 6.33. The quantitative estimate of drug-likeness (QED) is 0.621. The second kappa shape index (κ2) is 8.12. The van der Waals surface area contributed by atoms with Crippen LogP contribution in [0.25, 0.3) is 0 Å². The number of fused-ring (bicyclic) bond motifs is 5. The molecule has 5 rings (SSSR count). The third kappa shape index (κ3) is 3.53. The van der Waals surface area contributed by atoms with Crippen molar-refractivity contribution in [2.45, 2.75) is 19.0 Å². The number of amides is 2. The van der Waals surface area contributed by atoms with Gasteiger partial charge in [-0.1, -0.05) is 54.6 Å². The van der Waals surface area contributed by atoms with Crippen molar-refractivity contribution in [2.75, 3.05) is 25.3 Å². The fourth-order valence-corrected chi connectivity index (χ4v) is 4.62. The molecule has 2 amide bonds. The van der Waals surface area contributed by atoms with E-state index in [1.165, 1.54) is 17.2 Å². The zero-order valence-corrected chi connectivity index (χ0v) is 18.2. The maximum Gasteiger partial charge on any atom is 0.277 e. The summed E-state index contributed by atoms with van der Waals surface area (Å²) in [5.41, 5.74) is 2.24. The topological polar surface area (TPSA) is 86.1 Å². The molecule has 3 aromatic rings. The minimum absolute atomic E-state index is 0.0810. The summed E-state index contributed by atoms with van der Waals surface area (Å²) in [6.45, 7) is 0.806. The van der Waals surface area contributed by atoms with Gasteiger partial charge in [0.2, 0.25) is 11.3 Å². The lowest BCUT2D eigenvalue weighted by Gasteiger charge is -2.44.